The van der Waals surface area contributed by atoms with Crippen LogP contribution in [0.15, 0.2) is 29.4 Å². The van der Waals surface area contributed by atoms with Gasteiger partial charge in [-0.05, 0) is 44.5 Å². The van der Waals surface area contributed by atoms with Crippen molar-refractivity contribution in [1.82, 2.24) is 5.43 Å². The molecule has 0 aromatic heterocycles. The number of benzene rings is 1. The van der Waals surface area contributed by atoms with E-state index in [1.54, 1.807) is 38.1 Å². The van der Waals surface area contributed by atoms with Crippen LogP contribution in [0.25, 0.3) is 0 Å². The van der Waals surface area contributed by atoms with Crippen molar-refractivity contribution in [2.45, 2.75) is 46.5 Å². The Morgan fingerprint density at radius 3 is 2.40 bits per heavy atom. The lowest BCUT2D eigenvalue weighted by Gasteiger charge is -2.06. The van der Waals surface area contributed by atoms with Gasteiger partial charge in [-0.2, -0.15) is 5.10 Å². The van der Waals surface area contributed by atoms with Gasteiger partial charge in [0.2, 0.25) is 5.91 Å². The van der Waals surface area contributed by atoms with E-state index >= 15 is 0 Å². The maximum Gasteiger partial charge on any atom is 0.311 e. The summed E-state index contributed by atoms with van der Waals surface area (Å²) in [5.74, 6) is -0.827. The van der Waals surface area contributed by atoms with Crippen molar-refractivity contribution in [1.29, 1.82) is 0 Å². The second kappa shape index (κ2) is 11.0. The van der Waals surface area contributed by atoms with Gasteiger partial charge in [0.05, 0.1) is 13.0 Å². The number of esters is 1. The second-order valence-electron chi connectivity index (χ2n) is 5.50. The fraction of sp³-hybridized carbons (Fsp3) is 0.444. The van der Waals surface area contributed by atoms with Crippen LogP contribution in [0.1, 0.15) is 56.8 Å². The Morgan fingerprint density at radius 1 is 1.12 bits per heavy atom. The first-order valence-corrected chi connectivity index (χ1v) is 8.35. The zero-order valence-electron chi connectivity index (χ0n) is 14.9. The molecule has 0 aliphatic carbocycles. The topological polar surface area (TPSA) is 96.9 Å². The predicted octanol–water partition coefficient (Wildman–Crippen LogP) is 2.87. The third-order valence-electron chi connectivity index (χ3n) is 3.24. The number of unbranched alkanes of at least 4 members (excludes halogenated alkanes) is 1. The minimum absolute atomic E-state index is 0.0247. The number of carbonyl (C=O) groups is 3. The van der Waals surface area contributed by atoms with Gasteiger partial charge in [0.15, 0.2) is 0 Å². The van der Waals surface area contributed by atoms with Crippen LogP contribution < -0.4 is 10.7 Å². The lowest BCUT2D eigenvalue weighted by Crippen LogP contribution is -2.20. The van der Waals surface area contributed by atoms with Gasteiger partial charge in [0, 0.05) is 23.4 Å². The molecule has 136 valence electrons. The molecule has 0 aliphatic rings. The molecule has 7 heteroatoms. The summed E-state index contributed by atoms with van der Waals surface area (Å²) in [5.41, 5.74) is 3.88. The van der Waals surface area contributed by atoms with E-state index in [0.717, 1.165) is 12.8 Å². The van der Waals surface area contributed by atoms with Crippen LogP contribution in [0.2, 0.25) is 0 Å². The minimum atomic E-state index is -0.396. The van der Waals surface area contributed by atoms with Gasteiger partial charge in [0.25, 0.3) is 5.91 Å². The van der Waals surface area contributed by atoms with E-state index in [0.29, 0.717) is 30.0 Å². The molecule has 1 aromatic rings. The Bertz CT molecular complexity index is 624. The van der Waals surface area contributed by atoms with E-state index < -0.39 is 5.91 Å². The zero-order chi connectivity index (χ0) is 18.7. The highest BCUT2D eigenvalue weighted by Crippen LogP contribution is 2.10. The number of carbonyl (C=O) groups excluding carboxylic acids is 3. The van der Waals surface area contributed by atoms with Crippen molar-refractivity contribution in [3.63, 3.8) is 0 Å². The molecule has 0 saturated heterocycles. The van der Waals surface area contributed by atoms with E-state index in [-0.39, 0.29) is 18.3 Å². The van der Waals surface area contributed by atoms with Crippen LogP contribution in [-0.2, 0) is 14.3 Å². The van der Waals surface area contributed by atoms with E-state index in [1.165, 1.54) is 0 Å². The Hall–Kier alpha value is -2.70. The smallest absolute Gasteiger partial charge is 0.311 e. The van der Waals surface area contributed by atoms with Crippen LogP contribution in [0.5, 0.6) is 0 Å². The average molecular weight is 347 g/mol. The summed E-state index contributed by atoms with van der Waals surface area (Å²) in [6, 6.07) is 6.52. The highest BCUT2D eigenvalue weighted by atomic mass is 16.5. The summed E-state index contributed by atoms with van der Waals surface area (Å²) in [6.45, 7) is 5.69. The van der Waals surface area contributed by atoms with Crippen LogP contribution in [0, 0.1) is 0 Å². The number of hydrazone groups is 1. The largest absolute Gasteiger partial charge is 0.466 e. The summed E-state index contributed by atoms with van der Waals surface area (Å²) in [5, 5.41) is 6.65. The van der Waals surface area contributed by atoms with Crippen molar-refractivity contribution in [3.8, 4) is 0 Å². The maximum absolute atomic E-state index is 12.0. The molecule has 1 aromatic carbocycles. The minimum Gasteiger partial charge on any atom is -0.466 e. The summed E-state index contributed by atoms with van der Waals surface area (Å²) in [7, 11) is 0. The monoisotopic (exact) mass is 347 g/mol. The summed E-state index contributed by atoms with van der Waals surface area (Å²) < 4.78 is 4.81. The van der Waals surface area contributed by atoms with Crippen molar-refractivity contribution < 1.29 is 19.1 Å². The van der Waals surface area contributed by atoms with E-state index in [4.69, 9.17) is 4.74 Å². The van der Waals surface area contributed by atoms with Gasteiger partial charge in [-0.1, -0.05) is 13.3 Å². The fourth-order valence-electron chi connectivity index (χ4n) is 1.94. The van der Waals surface area contributed by atoms with Gasteiger partial charge in [-0.15, -0.1) is 0 Å². The van der Waals surface area contributed by atoms with Crippen molar-refractivity contribution in [3.05, 3.63) is 29.8 Å². The Kier molecular flexibility index (Phi) is 8.92. The molecule has 0 saturated carbocycles. The van der Waals surface area contributed by atoms with Gasteiger partial charge in [0.1, 0.15) is 0 Å². The summed E-state index contributed by atoms with van der Waals surface area (Å²) in [4.78, 5) is 35.0. The predicted molar refractivity (Wildman–Crippen MR) is 96.4 cm³/mol. The molecule has 0 bridgehead atoms. The van der Waals surface area contributed by atoms with Gasteiger partial charge < -0.3 is 10.1 Å². The molecule has 0 spiro atoms. The van der Waals surface area contributed by atoms with Gasteiger partial charge in [-0.25, -0.2) is 5.43 Å². The number of amides is 2. The number of nitrogens with one attached hydrogen (secondary N) is 2. The molecule has 0 heterocycles. The molecule has 2 amide bonds. The first-order chi connectivity index (χ1) is 12.0. The lowest BCUT2D eigenvalue weighted by atomic mass is 10.2. The van der Waals surface area contributed by atoms with E-state index in [1.807, 2.05) is 6.92 Å². The summed E-state index contributed by atoms with van der Waals surface area (Å²) in [6.07, 6.45) is 2.31. The van der Waals surface area contributed by atoms with E-state index in [9.17, 15) is 14.4 Å². The van der Waals surface area contributed by atoms with Gasteiger partial charge in [-0.3, -0.25) is 14.4 Å². The Balaban J connectivity index is 2.53. The van der Waals surface area contributed by atoms with Crippen molar-refractivity contribution >= 4 is 29.2 Å². The summed E-state index contributed by atoms with van der Waals surface area (Å²) >= 11 is 0. The van der Waals surface area contributed by atoms with Crippen LogP contribution in [0.4, 0.5) is 5.69 Å². The van der Waals surface area contributed by atoms with E-state index in [2.05, 4.69) is 15.8 Å². The average Bonchev–Trinajstić information content (AvgIpc) is 2.58. The SMILES string of the molecule is CCCCC(=O)Nc1ccc(C(=O)NN=C(C)CC(=O)OCC)cc1. The molecule has 25 heavy (non-hydrogen) atoms. The second-order valence-corrected chi connectivity index (χ2v) is 5.50. The normalized spacial score (nSPS) is 10.9. The van der Waals surface area contributed by atoms with Crippen LogP contribution in [-0.4, -0.2) is 30.1 Å². The highest BCUT2D eigenvalue weighted by molar-refractivity contribution is 6.00. The quantitative estimate of drug-likeness (QED) is 0.408. The molecule has 1 rings (SSSR count). The third-order valence-corrected chi connectivity index (χ3v) is 3.24. The van der Waals surface area contributed by atoms with Crippen LogP contribution in [0.3, 0.4) is 0 Å². The number of hydrogen-bond acceptors (Lipinski definition) is 5. The third kappa shape index (κ3) is 8.10. The van der Waals surface area contributed by atoms with Crippen molar-refractivity contribution in [2.75, 3.05) is 11.9 Å². The van der Waals surface area contributed by atoms with Gasteiger partial charge >= 0.3 is 5.97 Å². The molecule has 0 unspecified atom stereocenters. The highest BCUT2D eigenvalue weighted by Gasteiger charge is 2.08. The molecule has 7 nitrogen and oxygen atoms in total. The first kappa shape index (κ1) is 20.3. The lowest BCUT2D eigenvalue weighted by molar-refractivity contribution is -0.141. The van der Waals surface area contributed by atoms with Crippen molar-refractivity contribution in [2.24, 2.45) is 5.10 Å². The molecule has 0 fully saturated rings. The molecule has 0 radical (unpaired) electrons. The Labute approximate surface area is 147 Å². The molecule has 0 aliphatic heterocycles. The molecule has 2 N–H and O–H groups in total. The fourth-order valence-corrected chi connectivity index (χ4v) is 1.94. The standard InChI is InChI=1S/C18H25N3O4/c1-4-6-7-16(22)19-15-10-8-14(9-11-15)18(24)21-20-13(3)12-17(23)25-5-2/h8-11H,4-7,12H2,1-3H3,(H,19,22)(H,21,24). The number of nitrogens with zero attached hydrogens (tertiary/aromatic N) is 1. The van der Waals surface area contributed by atoms with Crippen LogP contribution >= 0.6 is 0 Å². The number of ether oxygens (including phenoxy) is 1. The maximum atomic E-state index is 12.0. The number of rotatable bonds is 9. The molecular weight excluding hydrogens is 322 g/mol. The number of hydrogen-bond donors (Lipinski definition) is 2. The number of anilines is 1. The first-order valence-electron chi connectivity index (χ1n) is 8.35. The molecular formula is C18H25N3O4. The Morgan fingerprint density at radius 2 is 1.80 bits per heavy atom. The molecule has 0 atom stereocenters. The zero-order valence-corrected chi connectivity index (χ0v) is 14.9.